The van der Waals surface area contributed by atoms with Gasteiger partial charge < -0.3 is 5.73 Å². The Balaban J connectivity index is 2.26. The van der Waals surface area contributed by atoms with Crippen molar-refractivity contribution in [1.82, 2.24) is 0 Å². The van der Waals surface area contributed by atoms with Gasteiger partial charge in [-0.15, -0.1) is 0 Å². The van der Waals surface area contributed by atoms with E-state index in [1.54, 1.807) is 5.56 Å². The molecule has 2 rings (SSSR count). The summed E-state index contributed by atoms with van der Waals surface area (Å²) in [5.41, 5.74) is 10.1. The highest BCUT2D eigenvalue weighted by atomic mass is 14.5. The molecule has 2 N–H and O–H groups in total. The molecule has 0 spiro atoms. The van der Waals surface area contributed by atoms with Crippen LogP contribution in [0.4, 0.5) is 0 Å². The Morgan fingerprint density at radius 1 is 1.36 bits per heavy atom. The van der Waals surface area contributed by atoms with Gasteiger partial charge in [-0.1, -0.05) is 24.6 Å². The predicted octanol–water partition coefficient (Wildman–Crippen LogP) is 2.76. The van der Waals surface area contributed by atoms with Crippen LogP contribution in [0, 0.1) is 6.92 Å². The van der Waals surface area contributed by atoms with Gasteiger partial charge in [0.2, 0.25) is 0 Å². The van der Waals surface area contributed by atoms with E-state index in [0.717, 1.165) is 18.9 Å². The standard InChI is InChI=1S/C13H19N/c1-10-11(8-9-14)4-3-7-13(10)12-5-2-6-12/h3-4,7,12H,2,5-6,8-9,14H2,1H3. The van der Waals surface area contributed by atoms with Crippen molar-refractivity contribution in [1.29, 1.82) is 0 Å². The number of rotatable bonds is 3. The zero-order valence-corrected chi connectivity index (χ0v) is 8.92. The molecule has 1 heteroatoms. The fourth-order valence-electron chi connectivity index (χ4n) is 2.29. The van der Waals surface area contributed by atoms with Crippen molar-refractivity contribution >= 4 is 0 Å². The van der Waals surface area contributed by atoms with Gasteiger partial charge in [0.15, 0.2) is 0 Å². The van der Waals surface area contributed by atoms with Crippen molar-refractivity contribution in [2.45, 2.75) is 38.5 Å². The molecule has 0 saturated heterocycles. The van der Waals surface area contributed by atoms with E-state index < -0.39 is 0 Å². The molecular weight excluding hydrogens is 170 g/mol. The third-order valence-corrected chi connectivity index (χ3v) is 3.45. The van der Waals surface area contributed by atoms with Crippen LogP contribution >= 0.6 is 0 Å². The molecule has 0 unspecified atom stereocenters. The van der Waals surface area contributed by atoms with Crippen molar-refractivity contribution in [2.24, 2.45) is 5.73 Å². The lowest BCUT2D eigenvalue weighted by Gasteiger charge is -2.28. The van der Waals surface area contributed by atoms with Crippen LogP contribution in [-0.4, -0.2) is 6.54 Å². The molecule has 1 aliphatic rings. The summed E-state index contributed by atoms with van der Waals surface area (Å²) in [5, 5.41) is 0. The molecule has 76 valence electrons. The largest absolute Gasteiger partial charge is 0.330 e. The zero-order valence-electron chi connectivity index (χ0n) is 8.92. The molecule has 1 fully saturated rings. The highest BCUT2D eigenvalue weighted by molar-refractivity contribution is 5.37. The molecule has 0 atom stereocenters. The number of benzene rings is 1. The quantitative estimate of drug-likeness (QED) is 0.777. The van der Waals surface area contributed by atoms with E-state index >= 15 is 0 Å². The Morgan fingerprint density at radius 3 is 2.71 bits per heavy atom. The number of hydrogen-bond acceptors (Lipinski definition) is 1. The Morgan fingerprint density at radius 2 is 2.14 bits per heavy atom. The van der Waals surface area contributed by atoms with Crippen LogP contribution < -0.4 is 5.73 Å². The molecule has 14 heavy (non-hydrogen) atoms. The number of hydrogen-bond donors (Lipinski definition) is 1. The summed E-state index contributed by atoms with van der Waals surface area (Å²) in [6.45, 7) is 3.01. The van der Waals surface area contributed by atoms with E-state index in [2.05, 4.69) is 25.1 Å². The van der Waals surface area contributed by atoms with Crippen molar-refractivity contribution in [3.05, 3.63) is 34.9 Å². The van der Waals surface area contributed by atoms with E-state index in [9.17, 15) is 0 Å². The number of nitrogens with two attached hydrogens (primary N) is 1. The maximum absolute atomic E-state index is 5.60. The smallest absolute Gasteiger partial charge is 0.00366 e. The van der Waals surface area contributed by atoms with Crippen LogP contribution in [0.25, 0.3) is 0 Å². The topological polar surface area (TPSA) is 26.0 Å². The van der Waals surface area contributed by atoms with E-state index in [1.165, 1.54) is 30.4 Å². The first kappa shape index (κ1) is 9.72. The minimum absolute atomic E-state index is 0.759. The SMILES string of the molecule is Cc1c(CCN)cccc1C1CCC1. The molecular formula is C13H19N. The molecule has 1 aromatic carbocycles. The van der Waals surface area contributed by atoms with Gasteiger partial charge in [-0.2, -0.15) is 0 Å². The maximum Gasteiger partial charge on any atom is -0.00366 e. The van der Waals surface area contributed by atoms with Crippen LogP contribution in [0.3, 0.4) is 0 Å². The minimum Gasteiger partial charge on any atom is -0.330 e. The van der Waals surface area contributed by atoms with Gasteiger partial charge in [0.1, 0.15) is 0 Å². The van der Waals surface area contributed by atoms with Gasteiger partial charge in [-0.25, -0.2) is 0 Å². The van der Waals surface area contributed by atoms with Gasteiger partial charge in [-0.05, 0) is 55.3 Å². The van der Waals surface area contributed by atoms with Gasteiger partial charge in [-0.3, -0.25) is 0 Å². The highest BCUT2D eigenvalue weighted by Crippen LogP contribution is 2.38. The average Bonchev–Trinajstić information content (AvgIpc) is 2.09. The minimum atomic E-state index is 0.759. The van der Waals surface area contributed by atoms with Crippen LogP contribution in [-0.2, 0) is 6.42 Å². The van der Waals surface area contributed by atoms with E-state index in [4.69, 9.17) is 5.73 Å². The van der Waals surface area contributed by atoms with Crippen molar-refractivity contribution in [3.8, 4) is 0 Å². The fourth-order valence-corrected chi connectivity index (χ4v) is 2.29. The Bertz CT molecular complexity index is 313. The van der Waals surface area contributed by atoms with Gasteiger partial charge >= 0.3 is 0 Å². The fraction of sp³-hybridized carbons (Fsp3) is 0.538. The zero-order chi connectivity index (χ0) is 9.97. The molecule has 0 amide bonds. The normalized spacial score (nSPS) is 16.7. The van der Waals surface area contributed by atoms with Gasteiger partial charge in [0, 0.05) is 0 Å². The second-order valence-electron chi connectivity index (χ2n) is 4.30. The van der Waals surface area contributed by atoms with Crippen LogP contribution in [0.2, 0.25) is 0 Å². The lowest BCUT2D eigenvalue weighted by atomic mass is 9.77. The van der Waals surface area contributed by atoms with Crippen molar-refractivity contribution < 1.29 is 0 Å². The first-order chi connectivity index (χ1) is 6.83. The monoisotopic (exact) mass is 189 g/mol. The molecule has 0 aromatic heterocycles. The van der Waals surface area contributed by atoms with Gasteiger partial charge in [0.25, 0.3) is 0 Å². The molecule has 1 saturated carbocycles. The predicted molar refractivity (Wildman–Crippen MR) is 60.5 cm³/mol. The lowest BCUT2D eigenvalue weighted by Crippen LogP contribution is -2.12. The third-order valence-electron chi connectivity index (χ3n) is 3.45. The highest BCUT2D eigenvalue weighted by Gasteiger charge is 2.21. The molecule has 1 aromatic rings. The molecule has 1 nitrogen and oxygen atoms in total. The molecule has 0 radical (unpaired) electrons. The van der Waals surface area contributed by atoms with Gasteiger partial charge in [0.05, 0.1) is 0 Å². The summed E-state index contributed by atoms with van der Waals surface area (Å²) >= 11 is 0. The van der Waals surface area contributed by atoms with Crippen LogP contribution in [0.5, 0.6) is 0 Å². The summed E-state index contributed by atoms with van der Waals surface area (Å²) in [7, 11) is 0. The molecule has 0 bridgehead atoms. The third kappa shape index (κ3) is 1.69. The van der Waals surface area contributed by atoms with E-state index in [-0.39, 0.29) is 0 Å². The first-order valence-corrected chi connectivity index (χ1v) is 5.61. The maximum atomic E-state index is 5.60. The van der Waals surface area contributed by atoms with Crippen molar-refractivity contribution in [2.75, 3.05) is 6.54 Å². The van der Waals surface area contributed by atoms with Crippen LogP contribution in [0.1, 0.15) is 41.9 Å². The average molecular weight is 189 g/mol. The second kappa shape index (κ2) is 4.14. The molecule has 0 heterocycles. The summed E-state index contributed by atoms with van der Waals surface area (Å²) in [4.78, 5) is 0. The molecule has 1 aliphatic carbocycles. The first-order valence-electron chi connectivity index (χ1n) is 5.61. The Hall–Kier alpha value is -0.820. The van der Waals surface area contributed by atoms with E-state index in [0.29, 0.717) is 0 Å². The molecule has 0 aliphatic heterocycles. The summed E-state index contributed by atoms with van der Waals surface area (Å²) < 4.78 is 0. The van der Waals surface area contributed by atoms with Crippen molar-refractivity contribution in [3.63, 3.8) is 0 Å². The summed E-state index contributed by atoms with van der Waals surface area (Å²) in [6, 6.07) is 6.69. The lowest BCUT2D eigenvalue weighted by molar-refractivity contribution is 0.418. The Kier molecular flexibility index (Phi) is 2.87. The Labute approximate surface area is 86.3 Å². The second-order valence-corrected chi connectivity index (χ2v) is 4.30. The summed E-state index contributed by atoms with van der Waals surface area (Å²) in [5.74, 6) is 0.840. The summed E-state index contributed by atoms with van der Waals surface area (Å²) in [6.07, 6.45) is 5.19. The van der Waals surface area contributed by atoms with Crippen LogP contribution in [0.15, 0.2) is 18.2 Å². The van der Waals surface area contributed by atoms with E-state index in [1.807, 2.05) is 0 Å².